The van der Waals surface area contributed by atoms with E-state index in [1.807, 2.05) is 19.3 Å². The smallest absolute Gasteiger partial charge is 0.191 e. The predicted molar refractivity (Wildman–Crippen MR) is 104 cm³/mol. The molecule has 0 aliphatic rings. The van der Waals surface area contributed by atoms with Crippen LogP contribution in [-0.4, -0.2) is 33.8 Å². The standard InChI is InChI=1S/C19H32N6O/c1-5-17-16(18(6-2)26-24-17)14-23-19(20-7-3)22-10-8-9-12-25-13-11-21-15(25)4/h11,13H,5-10,12,14H2,1-4H3,(H2,20,22,23). The van der Waals surface area contributed by atoms with Gasteiger partial charge in [0.15, 0.2) is 5.96 Å². The van der Waals surface area contributed by atoms with Gasteiger partial charge in [0.25, 0.3) is 0 Å². The van der Waals surface area contributed by atoms with Gasteiger partial charge in [0, 0.05) is 44.0 Å². The molecule has 0 radical (unpaired) electrons. The molecule has 0 atom stereocenters. The van der Waals surface area contributed by atoms with Gasteiger partial charge in [0.05, 0.1) is 12.2 Å². The molecule has 0 bridgehead atoms. The SMILES string of the molecule is CCNC(=NCc1c(CC)noc1CC)NCCCCn1ccnc1C. The number of hydrogen-bond donors (Lipinski definition) is 2. The maximum absolute atomic E-state index is 5.42. The molecule has 2 rings (SSSR count). The molecule has 0 saturated heterocycles. The summed E-state index contributed by atoms with van der Waals surface area (Å²) in [4.78, 5) is 8.96. The van der Waals surface area contributed by atoms with Crippen LogP contribution >= 0.6 is 0 Å². The summed E-state index contributed by atoms with van der Waals surface area (Å²) in [6.07, 6.45) is 7.78. The Labute approximate surface area is 156 Å². The van der Waals surface area contributed by atoms with Crippen LogP contribution in [0.5, 0.6) is 0 Å². The first-order valence-corrected chi connectivity index (χ1v) is 9.65. The number of aliphatic imine (C=N–C) groups is 1. The average Bonchev–Trinajstić information content (AvgIpc) is 3.24. The number of aryl methyl sites for hydroxylation is 4. The third-order valence-corrected chi connectivity index (χ3v) is 4.39. The van der Waals surface area contributed by atoms with E-state index >= 15 is 0 Å². The second-order valence-electron chi connectivity index (χ2n) is 6.24. The third kappa shape index (κ3) is 5.61. The Morgan fingerprint density at radius 2 is 2.04 bits per heavy atom. The Morgan fingerprint density at radius 1 is 1.19 bits per heavy atom. The van der Waals surface area contributed by atoms with Crippen LogP contribution in [0.2, 0.25) is 0 Å². The number of hydrogen-bond acceptors (Lipinski definition) is 4. The highest BCUT2D eigenvalue weighted by molar-refractivity contribution is 5.79. The molecular weight excluding hydrogens is 328 g/mol. The highest BCUT2D eigenvalue weighted by atomic mass is 16.5. The largest absolute Gasteiger partial charge is 0.361 e. The molecule has 0 unspecified atom stereocenters. The minimum atomic E-state index is 0.597. The molecule has 0 saturated carbocycles. The van der Waals surface area contributed by atoms with Crippen molar-refractivity contribution in [2.24, 2.45) is 4.99 Å². The van der Waals surface area contributed by atoms with E-state index in [9.17, 15) is 0 Å². The molecule has 7 nitrogen and oxygen atoms in total. The zero-order valence-corrected chi connectivity index (χ0v) is 16.5. The summed E-state index contributed by atoms with van der Waals surface area (Å²) < 4.78 is 7.60. The summed E-state index contributed by atoms with van der Waals surface area (Å²) >= 11 is 0. The molecule has 0 amide bonds. The molecule has 0 spiro atoms. The Hall–Kier alpha value is -2.31. The van der Waals surface area contributed by atoms with Crippen LogP contribution in [0, 0.1) is 6.92 Å². The van der Waals surface area contributed by atoms with Gasteiger partial charge in [-0.1, -0.05) is 19.0 Å². The molecule has 2 N–H and O–H groups in total. The maximum atomic E-state index is 5.42. The molecule has 2 aromatic heterocycles. The van der Waals surface area contributed by atoms with Gasteiger partial charge >= 0.3 is 0 Å². The van der Waals surface area contributed by atoms with Gasteiger partial charge in [-0.2, -0.15) is 0 Å². The van der Waals surface area contributed by atoms with Crippen LogP contribution in [0.15, 0.2) is 21.9 Å². The van der Waals surface area contributed by atoms with E-state index in [-0.39, 0.29) is 0 Å². The lowest BCUT2D eigenvalue weighted by atomic mass is 10.1. The van der Waals surface area contributed by atoms with Gasteiger partial charge < -0.3 is 19.7 Å². The van der Waals surface area contributed by atoms with Gasteiger partial charge in [0.2, 0.25) is 0 Å². The van der Waals surface area contributed by atoms with Crippen molar-refractivity contribution in [2.45, 2.75) is 66.5 Å². The van der Waals surface area contributed by atoms with E-state index in [1.54, 1.807) is 0 Å². The van der Waals surface area contributed by atoms with Crippen molar-refractivity contribution >= 4 is 5.96 Å². The van der Waals surface area contributed by atoms with Crippen molar-refractivity contribution in [2.75, 3.05) is 13.1 Å². The summed E-state index contributed by atoms with van der Waals surface area (Å²) in [5.74, 6) is 2.86. The zero-order chi connectivity index (χ0) is 18.8. The maximum Gasteiger partial charge on any atom is 0.191 e. The summed E-state index contributed by atoms with van der Waals surface area (Å²) in [7, 11) is 0. The van der Waals surface area contributed by atoms with Gasteiger partial charge in [-0.05, 0) is 33.1 Å². The number of nitrogens with zero attached hydrogens (tertiary/aromatic N) is 4. The molecule has 7 heteroatoms. The predicted octanol–water partition coefficient (Wildman–Crippen LogP) is 2.84. The molecule has 2 aromatic rings. The minimum absolute atomic E-state index is 0.597. The van der Waals surface area contributed by atoms with E-state index in [0.717, 1.165) is 74.1 Å². The van der Waals surface area contributed by atoms with Crippen LogP contribution in [0.25, 0.3) is 0 Å². The summed E-state index contributed by atoms with van der Waals surface area (Å²) in [6, 6.07) is 0. The Balaban J connectivity index is 1.83. The normalized spacial score (nSPS) is 11.8. The number of nitrogens with one attached hydrogen (secondary N) is 2. The quantitative estimate of drug-likeness (QED) is 0.387. The zero-order valence-electron chi connectivity index (χ0n) is 16.5. The Kier molecular flexibility index (Phi) is 8.18. The molecule has 0 aliphatic heterocycles. The first-order valence-electron chi connectivity index (χ1n) is 9.65. The number of unbranched alkanes of at least 4 members (excludes halogenated alkanes) is 1. The topological polar surface area (TPSA) is 80.3 Å². The van der Waals surface area contributed by atoms with E-state index in [0.29, 0.717) is 6.54 Å². The van der Waals surface area contributed by atoms with Gasteiger partial charge in [-0.3, -0.25) is 0 Å². The lowest BCUT2D eigenvalue weighted by Crippen LogP contribution is -2.37. The fourth-order valence-electron chi connectivity index (χ4n) is 2.87. The number of rotatable bonds is 10. The fourth-order valence-corrected chi connectivity index (χ4v) is 2.87. The first kappa shape index (κ1) is 20.0. The van der Waals surface area contributed by atoms with Crippen LogP contribution < -0.4 is 10.6 Å². The number of aromatic nitrogens is 3. The Bertz CT molecular complexity index is 667. The lowest BCUT2D eigenvalue weighted by molar-refractivity contribution is 0.380. The molecule has 26 heavy (non-hydrogen) atoms. The van der Waals surface area contributed by atoms with Crippen molar-refractivity contribution in [1.82, 2.24) is 25.3 Å². The van der Waals surface area contributed by atoms with E-state index in [4.69, 9.17) is 9.52 Å². The minimum Gasteiger partial charge on any atom is -0.361 e. The van der Waals surface area contributed by atoms with Crippen LogP contribution in [0.1, 0.15) is 56.5 Å². The monoisotopic (exact) mass is 360 g/mol. The molecule has 144 valence electrons. The van der Waals surface area contributed by atoms with Crippen molar-refractivity contribution in [3.8, 4) is 0 Å². The molecule has 0 aromatic carbocycles. The van der Waals surface area contributed by atoms with Crippen LogP contribution in [0.3, 0.4) is 0 Å². The van der Waals surface area contributed by atoms with E-state index < -0.39 is 0 Å². The van der Waals surface area contributed by atoms with Crippen molar-refractivity contribution in [1.29, 1.82) is 0 Å². The van der Waals surface area contributed by atoms with Crippen molar-refractivity contribution in [3.05, 3.63) is 35.2 Å². The van der Waals surface area contributed by atoms with E-state index in [1.165, 1.54) is 0 Å². The average molecular weight is 361 g/mol. The van der Waals surface area contributed by atoms with Crippen LogP contribution in [0.4, 0.5) is 0 Å². The summed E-state index contributed by atoms with van der Waals surface area (Å²) in [5, 5.41) is 10.9. The highest BCUT2D eigenvalue weighted by Crippen LogP contribution is 2.16. The van der Waals surface area contributed by atoms with Gasteiger partial charge in [-0.25, -0.2) is 9.98 Å². The fraction of sp³-hybridized carbons (Fsp3) is 0.632. The van der Waals surface area contributed by atoms with Crippen molar-refractivity contribution in [3.63, 3.8) is 0 Å². The molecule has 2 heterocycles. The highest BCUT2D eigenvalue weighted by Gasteiger charge is 2.13. The first-order chi connectivity index (χ1) is 12.7. The van der Waals surface area contributed by atoms with Crippen LogP contribution in [-0.2, 0) is 25.9 Å². The molecular formula is C19H32N6O. The summed E-state index contributed by atoms with van der Waals surface area (Å²) in [6.45, 7) is 11.6. The molecule has 0 fully saturated rings. The third-order valence-electron chi connectivity index (χ3n) is 4.39. The lowest BCUT2D eigenvalue weighted by Gasteiger charge is -2.11. The van der Waals surface area contributed by atoms with Crippen molar-refractivity contribution < 1.29 is 4.52 Å². The second-order valence-corrected chi connectivity index (χ2v) is 6.24. The van der Waals surface area contributed by atoms with Gasteiger partial charge in [-0.15, -0.1) is 0 Å². The number of guanidine groups is 1. The van der Waals surface area contributed by atoms with Gasteiger partial charge in [0.1, 0.15) is 11.6 Å². The Morgan fingerprint density at radius 3 is 2.69 bits per heavy atom. The van der Waals surface area contributed by atoms with E-state index in [2.05, 4.69) is 46.1 Å². The second kappa shape index (κ2) is 10.6. The summed E-state index contributed by atoms with van der Waals surface area (Å²) in [5.41, 5.74) is 2.14. The number of imidazole rings is 1. The molecule has 0 aliphatic carbocycles.